The van der Waals surface area contributed by atoms with Crippen molar-refractivity contribution in [2.45, 2.75) is 79.6 Å². The topological polar surface area (TPSA) is 26.3 Å². The quantitative estimate of drug-likeness (QED) is 0.323. The molecule has 0 saturated heterocycles. The normalized spacial score (nSPS) is 13.2. The highest BCUT2D eigenvalue weighted by Crippen LogP contribution is 2.34. The first-order valence-electron chi connectivity index (χ1n) is 7.63. The van der Waals surface area contributed by atoms with E-state index in [9.17, 15) is 4.79 Å². The SMILES string of the molecule is CCCCCCCCC(C)(C)C(C)=C(C)C(=O)OC. The first-order chi connectivity index (χ1) is 8.86. The Morgan fingerprint density at radius 3 is 2.05 bits per heavy atom. The van der Waals surface area contributed by atoms with Gasteiger partial charge in [-0.25, -0.2) is 4.79 Å². The van der Waals surface area contributed by atoms with Gasteiger partial charge in [-0.1, -0.05) is 64.9 Å². The molecule has 0 aromatic carbocycles. The van der Waals surface area contributed by atoms with Gasteiger partial charge in [0.05, 0.1) is 7.11 Å². The summed E-state index contributed by atoms with van der Waals surface area (Å²) in [4.78, 5) is 11.6. The largest absolute Gasteiger partial charge is 0.466 e. The maximum atomic E-state index is 11.6. The molecule has 0 aliphatic heterocycles. The van der Waals surface area contributed by atoms with E-state index in [1.165, 1.54) is 45.6 Å². The number of hydrogen-bond donors (Lipinski definition) is 0. The van der Waals surface area contributed by atoms with E-state index in [0.717, 1.165) is 17.6 Å². The maximum absolute atomic E-state index is 11.6. The molecule has 2 heteroatoms. The van der Waals surface area contributed by atoms with Crippen molar-refractivity contribution in [3.05, 3.63) is 11.1 Å². The lowest BCUT2D eigenvalue weighted by Crippen LogP contribution is -2.17. The van der Waals surface area contributed by atoms with Gasteiger partial charge >= 0.3 is 5.97 Å². The van der Waals surface area contributed by atoms with Crippen molar-refractivity contribution >= 4 is 5.97 Å². The Hall–Kier alpha value is -0.790. The van der Waals surface area contributed by atoms with Crippen molar-refractivity contribution in [1.82, 2.24) is 0 Å². The van der Waals surface area contributed by atoms with E-state index in [0.29, 0.717) is 0 Å². The monoisotopic (exact) mass is 268 g/mol. The average molecular weight is 268 g/mol. The second-order valence-electron chi connectivity index (χ2n) is 6.14. The van der Waals surface area contributed by atoms with Crippen LogP contribution in [0.1, 0.15) is 79.6 Å². The number of esters is 1. The van der Waals surface area contributed by atoms with Crippen LogP contribution in [0, 0.1) is 5.41 Å². The molecule has 0 rings (SSSR count). The van der Waals surface area contributed by atoms with E-state index >= 15 is 0 Å². The summed E-state index contributed by atoms with van der Waals surface area (Å²) < 4.78 is 4.80. The van der Waals surface area contributed by atoms with Gasteiger partial charge in [0.25, 0.3) is 0 Å². The molecular weight excluding hydrogens is 236 g/mol. The molecule has 0 heterocycles. The van der Waals surface area contributed by atoms with Crippen LogP contribution in [-0.4, -0.2) is 13.1 Å². The van der Waals surface area contributed by atoms with Crippen molar-refractivity contribution in [2.75, 3.05) is 7.11 Å². The van der Waals surface area contributed by atoms with Crippen LogP contribution < -0.4 is 0 Å². The Labute approximate surface area is 119 Å². The van der Waals surface area contributed by atoms with Crippen molar-refractivity contribution < 1.29 is 9.53 Å². The summed E-state index contributed by atoms with van der Waals surface area (Å²) in [5, 5.41) is 0. The third-order valence-electron chi connectivity index (χ3n) is 4.22. The summed E-state index contributed by atoms with van der Waals surface area (Å²) in [5.41, 5.74) is 2.01. The zero-order valence-corrected chi connectivity index (χ0v) is 13.8. The summed E-state index contributed by atoms with van der Waals surface area (Å²) in [6, 6.07) is 0. The molecular formula is C17H32O2. The fourth-order valence-electron chi connectivity index (χ4n) is 2.35. The van der Waals surface area contributed by atoms with Crippen LogP contribution >= 0.6 is 0 Å². The summed E-state index contributed by atoms with van der Waals surface area (Å²) in [7, 11) is 1.44. The minimum Gasteiger partial charge on any atom is -0.466 e. The molecule has 0 atom stereocenters. The van der Waals surface area contributed by atoms with E-state index in [1.54, 1.807) is 0 Å². The first-order valence-corrected chi connectivity index (χ1v) is 7.63. The van der Waals surface area contributed by atoms with Crippen molar-refractivity contribution in [3.63, 3.8) is 0 Å². The van der Waals surface area contributed by atoms with Gasteiger partial charge in [-0.05, 0) is 25.7 Å². The summed E-state index contributed by atoms with van der Waals surface area (Å²) in [6.45, 7) is 10.6. The van der Waals surface area contributed by atoms with Crippen LogP contribution in [0.15, 0.2) is 11.1 Å². The highest BCUT2D eigenvalue weighted by atomic mass is 16.5. The standard InChI is InChI=1S/C17H32O2/c1-7-8-9-10-11-12-13-17(4,5)15(3)14(2)16(18)19-6/h7-13H2,1-6H3. The van der Waals surface area contributed by atoms with Gasteiger partial charge in [0.1, 0.15) is 0 Å². The van der Waals surface area contributed by atoms with Crippen LogP contribution in [0.3, 0.4) is 0 Å². The smallest absolute Gasteiger partial charge is 0.333 e. The summed E-state index contributed by atoms with van der Waals surface area (Å²) in [6.07, 6.45) is 9.01. The summed E-state index contributed by atoms with van der Waals surface area (Å²) >= 11 is 0. The van der Waals surface area contributed by atoms with E-state index in [4.69, 9.17) is 4.74 Å². The lowest BCUT2D eigenvalue weighted by molar-refractivity contribution is -0.136. The minimum atomic E-state index is -0.200. The van der Waals surface area contributed by atoms with Crippen molar-refractivity contribution in [1.29, 1.82) is 0 Å². The minimum absolute atomic E-state index is 0.0863. The van der Waals surface area contributed by atoms with E-state index in [1.807, 2.05) is 6.92 Å². The number of carbonyl (C=O) groups excluding carboxylic acids is 1. The number of allylic oxidation sites excluding steroid dienone is 1. The number of hydrogen-bond acceptors (Lipinski definition) is 2. The fraction of sp³-hybridized carbons (Fsp3) is 0.824. The lowest BCUT2D eigenvalue weighted by Gasteiger charge is -2.27. The van der Waals surface area contributed by atoms with E-state index in [2.05, 4.69) is 27.7 Å². The zero-order chi connectivity index (χ0) is 14.9. The number of carbonyl (C=O) groups is 1. The predicted molar refractivity (Wildman–Crippen MR) is 82.2 cm³/mol. The van der Waals surface area contributed by atoms with Gasteiger partial charge in [-0.3, -0.25) is 0 Å². The third-order valence-corrected chi connectivity index (χ3v) is 4.22. The number of methoxy groups -OCH3 is 1. The van der Waals surface area contributed by atoms with Gasteiger partial charge < -0.3 is 4.74 Å². The van der Waals surface area contributed by atoms with Crippen molar-refractivity contribution in [2.24, 2.45) is 5.41 Å². The fourth-order valence-corrected chi connectivity index (χ4v) is 2.35. The molecule has 0 aliphatic carbocycles. The Morgan fingerprint density at radius 2 is 1.53 bits per heavy atom. The average Bonchev–Trinajstić information content (AvgIpc) is 2.39. The van der Waals surface area contributed by atoms with Crippen LogP contribution in [-0.2, 0) is 9.53 Å². The van der Waals surface area contributed by atoms with E-state index < -0.39 is 0 Å². The molecule has 112 valence electrons. The molecule has 0 spiro atoms. The molecule has 0 fully saturated rings. The number of unbranched alkanes of at least 4 members (excludes halogenated alkanes) is 5. The maximum Gasteiger partial charge on any atom is 0.333 e. The second-order valence-corrected chi connectivity index (χ2v) is 6.14. The molecule has 2 nitrogen and oxygen atoms in total. The zero-order valence-electron chi connectivity index (χ0n) is 13.8. The summed E-state index contributed by atoms with van der Waals surface area (Å²) in [5.74, 6) is -0.200. The Balaban J connectivity index is 4.26. The van der Waals surface area contributed by atoms with Gasteiger partial charge in [-0.2, -0.15) is 0 Å². The van der Waals surface area contributed by atoms with Gasteiger partial charge in [0.2, 0.25) is 0 Å². The molecule has 0 unspecified atom stereocenters. The molecule has 0 aromatic heterocycles. The molecule has 0 aromatic rings. The first kappa shape index (κ1) is 18.2. The predicted octanol–water partition coefficient (Wildman–Crippen LogP) is 5.27. The Kier molecular flexibility index (Phi) is 8.79. The Morgan fingerprint density at radius 1 is 1.00 bits per heavy atom. The van der Waals surface area contributed by atoms with Gasteiger partial charge in [-0.15, -0.1) is 0 Å². The number of ether oxygens (including phenoxy) is 1. The van der Waals surface area contributed by atoms with Gasteiger partial charge in [0, 0.05) is 5.57 Å². The van der Waals surface area contributed by atoms with Crippen LogP contribution in [0.2, 0.25) is 0 Å². The second kappa shape index (κ2) is 9.17. The van der Waals surface area contributed by atoms with E-state index in [-0.39, 0.29) is 11.4 Å². The highest BCUT2D eigenvalue weighted by molar-refractivity contribution is 5.88. The molecule has 0 bridgehead atoms. The van der Waals surface area contributed by atoms with Crippen LogP contribution in [0.25, 0.3) is 0 Å². The molecule has 0 aliphatic rings. The van der Waals surface area contributed by atoms with Gasteiger partial charge in [0.15, 0.2) is 0 Å². The lowest BCUT2D eigenvalue weighted by atomic mass is 9.78. The molecule has 0 radical (unpaired) electrons. The van der Waals surface area contributed by atoms with Crippen LogP contribution in [0.4, 0.5) is 0 Å². The number of rotatable bonds is 9. The van der Waals surface area contributed by atoms with Crippen LogP contribution in [0.5, 0.6) is 0 Å². The van der Waals surface area contributed by atoms with Crippen molar-refractivity contribution in [3.8, 4) is 0 Å². The molecule has 0 saturated carbocycles. The molecule has 19 heavy (non-hydrogen) atoms. The Bertz CT molecular complexity index is 300. The third kappa shape index (κ3) is 6.79. The highest BCUT2D eigenvalue weighted by Gasteiger charge is 2.23. The molecule has 0 amide bonds. The molecule has 0 N–H and O–H groups in total.